The topological polar surface area (TPSA) is 21.3 Å². The molecule has 84 valence electrons. The number of hydrogen-bond acceptors (Lipinski definition) is 2. The van der Waals surface area contributed by atoms with E-state index in [4.69, 9.17) is 11.2 Å². The molecule has 1 heterocycles. The van der Waals surface area contributed by atoms with Crippen LogP contribution in [0, 0.1) is 12.3 Å². The number of benzene rings is 1. The molecule has 16 heavy (non-hydrogen) atoms. The number of hydrogen-bond donors (Lipinski definition) is 1. The van der Waals surface area contributed by atoms with E-state index in [0.717, 1.165) is 19.6 Å². The lowest BCUT2D eigenvalue weighted by Gasteiger charge is -2.28. The summed E-state index contributed by atoms with van der Waals surface area (Å²) in [6.45, 7) is 3.56. The second-order valence-corrected chi connectivity index (χ2v) is 4.24. The quantitative estimate of drug-likeness (QED) is 0.781. The number of terminal acetylenes is 1. The molecule has 2 nitrogen and oxygen atoms in total. The second-order valence-electron chi connectivity index (χ2n) is 4.24. The maximum atomic E-state index is 5.57. The van der Waals surface area contributed by atoms with Gasteiger partial charge in [0.05, 0.1) is 19.3 Å². The van der Waals surface area contributed by atoms with Gasteiger partial charge < -0.3 is 10.1 Å². The highest BCUT2D eigenvalue weighted by Crippen LogP contribution is 2.24. The van der Waals surface area contributed by atoms with Crippen LogP contribution in [-0.4, -0.2) is 12.6 Å². The van der Waals surface area contributed by atoms with Crippen LogP contribution in [0.3, 0.4) is 0 Å². The van der Waals surface area contributed by atoms with Gasteiger partial charge in [0.1, 0.15) is 0 Å². The van der Waals surface area contributed by atoms with Crippen molar-refractivity contribution < 1.29 is 4.74 Å². The van der Waals surface area contributed by atoms with E-state index in [1.165, 1.54) is 11.1 Å². The van der Waals surface area contributed by atoms with E-state index < -0.39 is 0 Å². The van der Waals surface area contributed by atoms with Gasteiger partial charge in [-0.25, -0.2) is 0 Å². The molecule has 1 aliphatic rings. The lowest BCUT2D eigenvalue weighted by Crippen LogP contribution is -2.35. The van der Waals surface area contributed by atoms with Crippen molar-refractivity contribution in [2.24, 2.45) is 0 Å². The molecular formula is C14H17NO. The summed E-state index contributed by atoms with van der Waals surface area (Å²) in [5, 5.41) is 3.51. The van der Waals surface area contributed by atoms with Gasteiger partial charge in [-0.1, -0.05) is 24.3 Å². The van der Waals surface area contributed by atoms with Gasteiger partial charge in [0.25, 0.3) is 0 Å². The van der Waals surface area contributed by atoms with E-state index in [0.29, 0.717) is 6.04 Å². The Morgan fingerprint density at radius 3 is 3.19 bits per heavy atom. The highest BCUT2D eigenvalue weighted by atomic mass is 16.5. The van der Waals surface area contributed by atoms with Gasteiger partial charge in [0.15, 0.2) is 0 Å². The summed E-state index contributed by atoms with van der Waals surface area (Å²) in [4.78, 5) is 0. The normalized spacial score (nSPS) is 20.9. The molecule has 1 aromatic rings. The van der Waals surface area contributed by atoms with Crippen LogP contribution in [-0.2, 0) is 11.3 Å². The van der Waals surface area contributed by atoms with Crippen molar-refractivity contribution in [2.45, 2.75) is 32.0 Å². The van der Waals surface area contributed by atoms with Crippen LogP contribution in [0.1, 0.15) is 30.5 Å². The maximum absolute atomic E-state index is 5.57. The van der Waals surface area contributed by atoms with Gasteiger partial charge in [0.2, 0.25) is 0 Å². The molecule has 1 aliphatic heterocycles. The third-order valence-electron chi connectivity index (χ3n) is 2.88. The molecule has 0 aromatic heterocycles. The molecule has 0 amide bonds. The molecule has 1 aromatic carbocycles. The Morgan fingerprint density at radius 2 is 2.38 bits per heavy atom. The van der Waals surface area contributed by atoms with Crippen LogP contribution in [0.15, 0.2) is 24.3 Å². The van der Waals surface area contributed by atoms with E-state index in [9.17, 15) is 0 Å². The van der Waals surface area contributed by atoms with Crippen molar-refractivity contribution in [1.82, 2.24) is 5.32 Å². The SMILES string of the molecule is C#CCC(C)NC1COCc2ccccc21. The first-order valence-corrected chi connectivity index (χ1v) is 5.66. The van der Waals surface area contributed by atoms with E-state index in [2.05, 4.69) is 42.4 Å². The highest BCUT2D eigenvalue weighted by Gasteiger charge is 2.21. The summed E-state index contributed by atoms with van der Waals surface area (Å²) in [5.74, 6) is 2.68. The Bertz CT molecular complexity index is 394. The van der Waals surface area contributed by atoms with Gasteiger partial charge in [0, 0.05) is 12.5 Å². The standard InChI is InChI=1S/C14H17NO/c1-3-6-11(2)15-14-10-16-9-12-7-4-5-8-13(12)14/h1,4-5,7-8,11,14-15H,6,9-10H2,2H3. The van der Waals surface area contributed by atoms with Crippen molar-refractivity contribution >= 4 is 0 Å². The fourth-order valence-electron chi connectivity index (χ4n) is 2.10. The summed E-state index contributed by atoms with van der Waals surface area (Å²) >= 11 is 0. The van der Waals surface area contributed by atoms with Gasteiger partial charge in [-0.15, -0.1) is 12.3 Å². The molecule has 2 rings (SSSR count). The van der Waals surface area contributed by atoms with Gasteiger partial charge >= 0.3 is 0 Å². The Hall–Kier alpha value is -1.30. The van der Waals surface area contributed by atoms with Gasteiger partial charge in [-0.3, -0.25) is 0 Å². The first-order chi connectivity index (χ1) is 7.81. The lowest BCUT2D eigenvalue weighted by molar-refractivity contribution is 0.0793. The monoisotopic (exact) mass is 215 g/mol. The van der Waals surface area contributed by atoms with Crippen LogP contribution >= 0.6 is 0 Å². The first kappa shape index (κ1) is 11.2. The number of rotatable bonds is 3. The predicted octanol–water partition coefficient (Wildman–Crippen LogP) is 2.26. The Balaban J connectivity index is 2.10. The smallest absolute Gasteiger partial charge is 0.0721 e. The summed E-state index contributed by atoms with van der Waals surface area (Å²) in [5.41, 5.74) is 2.62. The summed E-state index contributed by atoms with van der Waals surface area (Å²) in [6, 6.07) is 9.01. The molecule has 0 saturated heterocycles. The lowest BCUT2D eigenvalue weighted by atomic mass is 9.98. The van der Waals surface area contributed by atoms with Crippen molar-refractivity contribution in [3.05, 3.63) is 35.4 Å². The van der Waals surface area contributed by atoms with E-state index >= 15 is 0 Å². The number of nitrogens with one attached hydrogen (secondary N) is 1. The highest BCUT2D eigenvalue weighted by molar-refractivity contribution is 5.31. The van der Waals surface area contributed by atoms with Gasteiger partial charge in [-0.2, -0.15) is 0 Å². The minimum absolute atomic E-state index is 0.272. The largest absolute Gasteiger partial charge is 0.375 e. The molecular weight excluding hydrogens is 198 g/mol. The Morgan fingerprint density at radius 1 is 1.56 bits per heavy atom. The molecule has 2 atom stereocenters. The first-order valence-electron chi connectivity index (χ1n) is 5.66. The molecule has 2 heteroatoms. The van der Waals surface area contributed by atoms with Crippen molar-refractivity contribution in [1.29, 1.82) is 0 Å². The van der Waals surface area contributed by atoms with Crippen LogP contribution in [0.5, 0.6) is 0 Å². The zero-order chi connectivity index (χ0) is 11.4. The van der Waals surface area contributed by atoms with Gasteiger partial charge in [-0.05, 0) is 18.1 Å². The van der Waals surface area contributed by atoms with Crippen molar-refractivity contribution in [3.63, 3.8) is 0 Å². The third-order valence-corrected chi connectivity index (χ3v) is 2.88. The van der Waals surface area contributed by atoms with Crippen molar-refractivity contribution in [3.8, 4) is 12.3 Å². The predicted molar refractivity (Wildman–Crippen MR) is 64.9 cm³/mol. The zero-order valence-corrected chi connectivity index (χ0v) is 9.57. The fraction of sp³-hybridized carbons (Fsp3) is 0.429. The number of ether oxygens (including phenoxy) is 1. The second kappa shape index (κ2) is 5.16. The molecule has 0 radical (unpaired) electrons. The Labute approximate surface area is 97.0 Å². The van der Waals surface area contributed by atoms with E-state index in [1.54, 1.807) is 0 Å². The number of fused-ring (bicyclic) bond motifs is 1. The average Bonchev–Trinajstić information content (AvgIpc) is 2.30. The molecule has 0 spiro atoms. The molecule has 0 fully saturated rings. The molecule has 0 saturated carbocycles. The van der Waals surface area contributed by atoms with Crippen LogP contribution in [0.25, 0.3) is 0 Å². The van der Waals surface area contributed by atoms with Crippen LogP contribution < -0.4 is 5.32 Å². The minimum Gasteiger partial charge on any atom is -0.375 e. The maximum Gasteiger partial charge on any atom is 0.0721 e. The van der Waals surface area contributed by atoms with E-state index in [-0.39, 0.29) is 6.04 Å². The van der Waals surface area contributed by atoms with Crippen LogP contribution in [0.2, 0.25) is 0 Å². The molecule has 0 aliphatic carbocycles. The minimum atomic E-state index is 0.272. The summed E-state index contributed by atoms with van der Waals surface area (Å²) < 4.78 is 5.57. The Kier molecular flexibility index (Phi) is 3.61. The summed E-state index contributed by atoms with van der Waals surface area (Å²) in [7, 11) is 0. The molecule has 0 bridgehead atoms. The third kappa shape index (κ3) is 2.44. The molecule has 1 N–H and O–H groups in total. The fourth-order valence-corrected chi connectivity index (χ4v) is 2.10. The molecule has 2 unspecified atom stereocenters. The summed E-state index contributed by atoms with van der Waals surface area (Å²) in [6.07, 6.45) is 6.06. The van der Waals surface area contributed by atoms with Crippen LogP contribution in [0.4, 0.5) is 0 Å². The van der Waals surface area contributed by atoms with E-state index in [1.807, 2.05) is 0 Å². The average molecular weight is 215 g/mol. The zero-order valence-electron chi connectivity index (χ0n) is 9.57. The van der Waals surface area contributed by atoms with Crippen molar-refractivity contribution in [2.75, 3.05) is 6.61 Å².